The third-order valence-corrected chi connectivity index (χ3v) is 3.30. The van der Waals surface area contributed by atoms with Gasteiger partial charge in [0.2, 0.25) is 11.8 Å². The molecule has 1 aromatic heterocycles. The van der Waals surface area contributed by atoms with Crippen molar-refractivity contribution in [3.63, 3.8) is 0 Å². The number of nitrogens with zero attached hydrogens (tertiary/aromatic N) is 1. The van der Waals surface area contributed by atoms with Crippen LogP contribution in [-0.4, -0.2) is 23.0 Å². The van der Waals surface area contributed by atoms with Gasteiger partial charge >= 0.3 is 0 Å². The molecule has 1 fully saturated rings. The lowest BCUT2D eigenvalue weighted by Crippen LogP contribution is -2.38. The van der Waals surface area contributed by atoms with Crippen molar-refractivity contribution in [2.45, 2.75) is 44.2 Å². The third-order valence-electron chi connectivity index (χ3n) is 3.30. The monoisotopic (exact) mass is 249 g/mol. The molecule has 5 heteroatoms. The molecular formula is C13H19N3O2. The summed E-state index contributed by atoms with van der Waals surface area (Å²) in [5, 5.41) is 0. The fourth-order valence-corrected chi connectivity index (χ4v) is 2.23. The number of hydrogen-bond donors (Lipinski definition) is 2. The Morgan fingerprint density at radius 2 is 2.11 bits per heavy atom. The number of primary amides is 1. The van der Waals surface area contributed by atoms with Gasteiger partial charge in [-0.2, -0.15) is 0 Å². The Morgan fingerprint density at radius 1 is 1.33 bits per heavy atom. The fourth-order valence-electron chi connectivity index (χ4n) is 2.23. The van der Waals surface area contributed by atoms with Crippen molar-refractivity contribution in [1.82, 2.24) is 4.98 Å². The number of carbonyl (C=O) groups excluding carboxylic acids is 1. The molecular weight excluding hydrogens is 230 g/mol. The summed E-state index contributed by atoms with van der Waals surface area (Å²) >= 11 is 0. The molecule has 0 radical (unpaired) electrons. The fraction of sp³-hybridized carbons (Fsp3) is 0.538. The average Bonchev–Trinajstić information content (AvgIpc) is 2.55. The van der Waals surface area contributed by atoms with Crippen molar-refractivity contribution in [3.05, 3.63) is 23.9 Å². The van der Waals surface area contributed by atoms with E-state index in [4.69, 9.17) is 16.2 Å². The van der Waals surface area contributed by atoms with Crippen LogP contribution in [0.1, 0.15) is 42.5 Å². The van der Waals surface area contributed by atoms with Gasteiger partial charge in [-0.25, -0.2) is 4.98 Å². The van der Waals surface area contributed by atoms with Crippen LogP contribution in [0.15, 0.2) is 18.3 Å². The van der Waals surface area contributed by atoms with Crippen LogP contribution < -0.4 is 16.2 Å². The topological polar surface area (TPSA) is 91.2 Å². The zero-order chi connectivity index (χ0) is 13.0. The minimum atomic E-state index is -0.479. The molecule has 5 nitrogen and oxygen atoms in total. The Hall–Kier alpha value is -1.62. The van der Waals surface area contributed by atoms with Crippen molar-refractivity contribution in [3.8, 4) is 5.88 Å². The van der Waals surface area contributed by atoms with Crippen molar-refractivity contribution >= 4 is 5.91 Å². The predicted molar refractivity (Wildman–Crippen MR) is 68.2 cm³/mol. The molecule has 0 spiro atoms. The number of hydrogen-bond acceptors (Lipinski definition) is 4. The van der Waals surface area contributed by atoms with E-state index in [1.165, 1.54) is 12.6 Å². The molecule has 4 N–H and O–H groups in total. The molecule has 2 unspecified atom stereocenters. The molecule has 1 heterocycles. The lowest BCUT2D eigenvalue weighted by atomic mass is 10.1. The molecule has 2 atom stereocenters. The van der Waals surface area contributed by atoms with Crippen molar-refractivity contribution in [1.29, 1.82) is 0 Å². The van der Waals surface area contributed by atoms with Gasteiger partial charge in [-0.15, -0.1) is 0 Å². The van der Waals surface area contributed by atoms with Crippen LogP contribution >= 0.6 is 0 Å². The molecule has 98 valence electrons. The van der Waals surface area contributed by atoms with E-state index in [0.717, 1.165) is 25.7 Å². The van der Waals surface area contributed by atoms with Crippen LogP contribution in [0.4, 0.5) is 0 Å². The summed E-state index contributed by atoms with van der Waals surface area (Å²) in [6, 6.07) is 3.17. The largest absolute Gasteiger partial charge is 0.473 e. The Kier molecular flexibility index (Phi) is 4.15. The number of nitrogens with two attached hydrogens (primary N) is 2. The molecule has 18 heavy (non-hydrogen) atoms. The van der Waals surface area contributed by atoms with Crippen LogP contribution in [0.2, 0.25) is 0 Å². The van der Waals surface area contributed by atoms with E-state index >= 15 is 0 Å². The highest BCUT2D eigenvalue weighted by atomic mass is 16.5. The van der Waals surface area contributed by atoms with Crippen LogP contribution in [-0.2, 0) is 0 Å². The lowest BCUT2D eigenvalue weighted by Gasteiger charge is -2.22. The zero-order valence-corrected chi connectivity index (χ0v) is 10.3. The normalized spacial score (nSPS) is 24.3. The van der Waals surface area contributed by atoms with Gasteiger partial charge in [0.05, 0.1) is 0 Å². The van der Waals surface area contributed by atoms with Gasteiger partial charge < -0.3 is 16.2 Å². The van der Waals surface area contributed by atoms with E-state index in [9.17, 15) is 4.79 Å². The second kappa shape index (κ2) is 5.82. The summed E-state index contributed by atoms with van der Waals surface area (Å²) in [7, 11) is 0. The van der Waals surface area contributed by atoms with Gasteiger partial charge in [0.15, 0.2) is 0 Å². The van der Waals surface area contributed by atoms with E-state index in [-0.39, 0.29) is 12.1 Å². The van der Waals surface area contributed by atoms with E-state index in [1.807, 2.05) is 0 Å². The van der Waals surface area contributed by atoms with Crippen molar-refractivity contribution in [2.24, 2.45) is 11.5 Å². The van der Waals surface area contributed by atoms with E-state index in [1.54, 1.807) is 12.1 Å². The SMILES string of the molecule is NC(=O)c1ccnc(OC2CCCCCC2N)c1. The highest BCUT2D eigenvalue weighted by molar-refractivity contribution is 5.92. The maximum absolute atomic E-state index is 11.1. The van der Waals surface area contributed by atoms with E-state index < -0.39 is 5.91 Å². The van der Waals surface area contributed by atoms with Crippen LogP contribution in [0.3, 0.4) is 0 Å². The first-order valence-corrected chi connectivity index (χ1v) is 6.35. The predicted octanol–water partition coefficient (Wildman–Crippen LogP) is 1.22. The second-order valence-corrected chi connectivity index (χ2v) is 4.71. The van der Waals surface area contributed by atoms with Gasteiger partial charge in [0.1, 0.15) is 6.10 Å². The maximum Gasteiger partial charge on any atom is 0.248 e. The summed E-state index contributed by atoms with van der Waals surface area (Å²) in [5.74, 6) is -0.0546. The molecule has 1 aromatic rings. The molecule has 1 amide bonds. The lowest BCUT2D eigenvalue weighted by molar-refractivity contribution is 0.0998. The van der Waals surface area contributed by atoms with Gasteiger partial charge in [0.25, 0.3) is 0 Å². The summed E-state index contributed by atoms with van der Waals surface area (Å²) in [5.41, 5.74) is 11.7. The average molecular weight is 249 g/mol. The molecule has 1 aliphatic rings. The number of aromatic nitrogens is 1. The smallest absolute Gasteiger partial charge is 0.248 e. The Bertz CT molecular complexity index is 422. The Labute approximate surface area is 107 Å². The van der Waals surface area contributed by atoms with E-state index in [2.05, 4.69) is 4.98 Å². The minimum Gasteiger partial charge on any atom is -0.473 e. The van der Waals surface area contributed by atoms with Crippen LogP contribution in [0.25, 0.3) is 0 Å². The molecule has 0 saturated heterocycles. The van der Waals surface area contributed by atoms with Crippen molar-refractivity contribution < 1.29 is 9.53 Å². The molecule has 0 aliphatic heterocycles. The number of pyridine rings is 1. The minimum absolute atomic E-state index is 0.0249. The van der Waals surface area contributed by atoms with Gasteiger partial charge in [-0.1, -0.05) is 12.8 Å². The van der Waals surface area contributed by atoms with E-state index in [0.29, 0.717) is 11.4 Å². The first kappa shape index (κ1) is 12.8. The molecule has 1 saturated carbocycles. The van der Waals surface area contributed by atoms with Gasteiger partial charge in [-0.3, -0.25) is 4.79 Å². The Balaban J connectivity index is 2.07. The molecule has 0 aromatic carbocycles. The first-order valence-electron chi connectivity index (χ1n) is 6.35. The number of rotatable bonds is 3. The zero-order valence-electron chi connectivity index (χ0n) is 10.3. The van der Waals surface area contributed by atoms with Crippen molar-refractivity contribution in [2.75, 3.05) is 0 Å². The summed E-state index contributed by atoms with van der Waals surface area (Å²) < 4.78 is 5.79. The number of ether oxygens (including phenoxy) is 1. The molecule has 1 aliphatic carbocycles. The van der Waals surface area contributed by atoms with Crippen LogP contribution in [0, 0.1) is 0 Å². The second-order valence-electron chi connectivity index (χ2n) is 4.71. The molecule has 0 bridgehead atoms. The number of carbonyl (C=O) groups is 1. The maximum atomic E-state index is 11.1. The first-order chi connectivity index (χ1) is 8.66. The summed E-state index contributed by atoms with van der Waals surface area (Å²) in [6.45, 7) is 0. The number of amides is 1. The summed E-state index contributed by atoms with van der Waals surface area (Å²) in [6.07, 6.45) is 6.87. The summed E-state index contributed by atoms with van der Waals surface area (Å²) in [4.78, 5) is 15.2. The highest BCUT2D eigenvalue weighted by Gasteiger charge is 2.22. The quantitative estimate of drug-likeness (QED) is 0.788. The highest BCUT2D eigenvalue weighted by Crippen LogP contribution is 2.21. The standard InChI is InChI=1S/C13H19N3O2/c14-10-4-2-1-3-5-11(10)18-12-8-9(13(15)17)6-7-16-12/h6-8,10-11H,1-5,14H2,(H2,15,17). The Morgan fingerprint density at radius 3 is 2.89 bits per heavy atom. The van der Waals surface area contributed by atoms with Gasteiger partial charge in [0, 0.05) is 23.9 Å². The third kappa shape index (κ3) is 3.20. The van der Waals surface area contributed by atoms with Gasteiger partial charge in [-0.05, 0) is 25.3 Å². The molecule has 2 rings (SSSR count). The van der Waals surface area contributed by atoms with Crippen LogP contribution in [0.5, 0.6) is 5.88 Å².